The number of aliphatic hydroxyl groups is 2. The van der Waals surface area contributed by atoms with E-state index in [1.807, 2.05) is 51.1 Å². The van der Waals surface area contributed by atoms with Gasteiger partial charge in [0.25, 0.3) is 0 Å². The highest BCUT2D eigenvalue weighted by atomic mass is 16.5. The molecule has 14 heteroatoms. The number of hydrogen-bond acceptors (Lipinski definition) is 9. The first kappa shape index (κ1) is 45.0. The number of nitrogens with one attached hydrogen (secondary N) is 5. The summed E-state index contributed by atoms with van der Waals surface area (Å²) >= 11 is 0. The Bertz CT molecular complexity index is 1270. The quantitative estimate of drug-likeness (QED) is 0.0865. The van der Waals surface area contributed by atoms with Crippen molar-refractivity contribution in [3.63, 3.8) is 0 Å². The Hall–Kier alpha value is -4.04. The van der Waals surface area contributed by atoms with Gasteiger partial charge in [0.15, 0.2) is 0 Å². The SMILES string of the molecule is CCCC(=O)NC(C(=O)NC(C(=O)NC(CC(C)C)C(O)CC(=O)NC(C)C(=O)NC(Cc1ccccc1)C(O)CC(=O)OC)C(C)C)C(C)C. The van der Waals surface area contributed by atoms with E-state index < -0.39 is 78.4 Å². The van der Waals surface area contributed by atoms with Gasteiger partial charge in [0.2, 0.25) is 29.5 Å². The van der Waals surface area contributed by atoms with Crippen LogP contribution in [0.3, 0.4) is 0 Å². The summed E-state index contributed by atoms with van der Waals surface area (Å²) in [6, 6.07) is 4.44. The van der Waals surface area contributed by atoms with Crippen molar-refractivity contribution in [3.05, 3.63) is 35.9 Å². The van der Waals surface area contributed by atoms with Gasteiger partial charge in [-0.15, -0.1) is 0 Å². The standard InChI is InChI=1S/C37H61N5O9/c1-10-14-30(45)41-33(22(4)5)37(50)42-34(23(6)7)36(49)40-26(17-21(2)3)28(43)19-31(46)38-24(8)35(48)39-27(29(44)20-32(47)51-9)18-25-15-12-11-13-16-25/h11-13,15-16,21-24,26-29,33-34,43-44H,10,14,17-20H2,1-9H3,(H,38,46)(H,39,48)(H,40,49)(H,41,45)(H,42,50). The van der Waals surface area contributed by atoms with E-state index in [1.54, 1.807) is 27.7 Å². The molecule has 288 valence electrons. The minimum absolute atomic E-state index is 0.0156. The molecule has 5 amide bonds. The molecule has 1 rings (SSSR count). The van der Waals surface area contributed by atoms with E-state index >= 15 is 0 Å². The normalized spacial score (nSPS) is 15.5. The summed E-state index contributed by atoms with van der Waals surface area (Å²) in [5.41, 5.74) is 0.808. The molecule has 0 aliphatic rings. The molecule has 0 bridgehead atoms. The molecule has 0 fully saturated rings. The van der Waals surface area contributed by atoms with Crippen molar-refractivity contribution in [2.45, 2.75) is 136 Å². The molecule has 51 heavy (non-hydrogen) atoms. The lowest BCUT2D eigenvalue weighted by Gasteiger charge is -2.31. The highest BCUT2D eigenvalue weighted by Crippen LogP contribution is 2.14. The van der Waals surface area contributed by atoms with E-state index in [0.717, 1.165) is 5.56 Å². The summed E-state index contributed by atoms with van der Waals surface area (Å²) in [5, 5.41) is 35.4. The summed E-state index contributed by atoms with van der Waals surface area (Å²) < 4.78 is 4.66. The summed E-state index contributed by atoms with van der Waals surface area (Å²) in [7, 11) is 1.20. The minimum atomic E-state index is -1.33. The van der Waals surface area contributed by atoms with E-state index in [1.165, 1.54) is 14.0 Å². The number of methoxy groups -OCH3 is 1. The number of esters is 1. The number of carbonyl (C=O) groups excluding carboxylic acids is 6. The average molecular weight is 720 g/mol. The molecule has 7 unspecified atom stereocenters. The maximum Gasteiger partial charge on any atom is 0.308 e. The van der Waals surface area contributed by atoms with Crippen LogP contribution in [0.15, 0.2) is 30.3 Å². The van der Waals surface area contributed by atoms with Gasteiger partial charge >= 0.3 is 5.97 Å². The highest BCUT2D eigenvalue weighted by molar-refractivity contribution is 5.92. The molecule has 0 saturated heterocycles. The number of rotatable bonds is 22. The van der Waals surface area contributed by atoms with Crippen molar-refractivity contribution < 1.29 is 43.7 Å². The molecule has 0 heterocycles. The maximum atomic E-state index is 13.5. The van der Waals surface area contributed by atoms with Gasteiger partial charge in [0.1, 0.15) is 18.1 Å². The van der Waals surface area contributed by atoms with Crippen LogP contribution in [0.2, 0.25) is 0 Å². The van der Waals surface area contributed by atoms with Gasteiger partial charge in [-0.25, -0.2) is 0 Å². The van der Waals surface area contributed by atoms with Crippen molar-refractivity contribution in [1.29, 1.82) is 0 Å². The second-order valence-electron chi connectivity index (χ2n) is 14.2. The Labute approximate surface area is 302 Å². The summed E-state index contributed by atoms with van der Waals surface area (Å²) in [5.74, 6) is -3.79. The van der Waals surface area contributed by atoms with Gasteiger partial charge in [-0.2, -0.15) is 0 Å². The Kier molecular flexibility index (Phi) is 20.0. The Morgan fingerprint density at radius 1 is 0.667 bits per heavy atom. The zero-order valence-electron chi connectivity index (χ0n) is 31.7. The second-order valence-corrected chi connectivity index (χ2v) is 14.2. The fourth-order valence-electron chi connectivity index (χ4n) is 5.43. The minimum Gasteiger partial charge on any atom is -0.469 e. The van der Waals surface area contributed by atoms with Crippen LogP contribution in [0.1, 0.15) is 93.1 Å². The number of benzene rings is 1. The molecule has 0 spiro atoms. The molecule has 0 saturated carbocycles. The van der Waals surface area contributed by atoms with Gasteiger partial charge in [-0.05, 0) is 49.5 Å². The molecule has 1 aromatic carbocycles. The fraction of sp³-hybridized carbons (Fsp3) is 0.676. The van der Waals surface area contributed by atoms with E-state index in [-0.39, 0.29) is 42.9 Å². The van der Waals surface area contributed by atoms with Crippen LogP contribution < -0.4 is 26.6 Å². The van der Waals surface area contributed by atoms with Gasteiger partial charge in [-0.3, -0.25) is 28.8 Å². The summed E-state index contributed by atoms with van der Waals surface area (Å²) in [6.07, 6.45) is -1.96. The van der Waals surface area contributed by atoms with Crippen molar-refractivity contribution in [3.8, 4) is 0 Å². The third-order valence-electron chi connectivity index (χ3n) is 8.37. The van der Waals surface area contributed by atoms with Crippen LogP contribution in [-0.2, 0) is 39.9 Å². The molecule has 0 aliphatic heterocycles. The number of aliphatic hydroxyl groups excluding tert-OH is 2. The molecule has 1 aromatic rings. The first-order chi connectivity index (χ1) is 23.9. The second kappa shape index (κ2) is 22.7. The lowest BCUT2D eigenvalue weighted by Crippen LogP contribution is -2.59. The predicted octanol–water partition coefficient (Wildman–Crippen LogP) is 1.51. The topological polar surface area (TPSA) is 212 Å². The largest absolute Gasteiger partial charge is 0.469 e. The zero-order chi connectivity index (χ0) is 38.8. The van der Waals surface area contributed by atoms with Crippen molar-refractivity contribution in [2.75, 3.05) is 7.11 Å². The van der Waals surface area contributed by atoms with Gasteiger partial charge in [0.05, 0.1) is 44.2 Å². The fourth-order valence-corrected chi connectivity index (χ4v) is 5.43. The first-order valence-electron chi connectivity index (χ1n) is 17.9. The number of amides is 5. The van der Waals surface area contributed by atoms with Crippen LogP contribution in [0.5, 0.6) is 0 Å². The number of hydrogen-bond donors (Lipinski definition) is 7. The summed E-state index contributed by atoms with van der Waals surface area (Å²) in [6.45, 7) is 14.2. The smallest absolute Gasteiger partial charge is 0.308 e. The number of carbonyl (C=O) groups is 6. The van der Waals surface area contributed by atoms with Crippen LogP contribution in [-0.4, -0.2) is 95.2 Å². The van der Waals surface area contributed by atoms with E-state index in [0.29, 0.717) is 12.8 Å². The third kappa shape index (κ3) is 16.7. The lowest BCUT2D eigenvalue weighted by atomic mass is 9.95. The van der Waals surface area contributed by atoms with E-state index in [2.05, 4.69) is 31.3 Å². The average Bonchev–Trinajstić information content (AvgIpc) is 3.05. The third-order valence-corrected chi connectivity index (χ3v) is 8.37. The molecular weight excluding hydrogens is 658 g/mol. The molecule has 7 N–H and O–H groups in total. The van der Waals surface area contributed by atoms with Crippen LogP contribution in [0, 0.1) is 17.8 Å². The van der Waals surface area contributed by atoms with Crippen molar-refractivity contribution in [1.82, 2.24) is 26.6 Å². The molecule has 14 nitrogen and oxygen atoms in total. The van der Waals surface area contributed by atoms with Gasteiger partial charge in [0, 0.05) is 6.42 Å². The highest BCUT2D eigenvalue weighted by Gasteiger charge is 2.34. The Balaban J connectivity index is 2.98. The molecule has 0 aliphatic carbocycles. The zero-order valence-corrected chi connectivity index (χ0v) is 31.7. The van der Waals surface area contributed by atoms with Crippen molar-refractivity contribution in [2.24, 2.45) is 17.8 Å². The molecule has 7 atom stereocenters. The number of ether oxygens (including phenoxy) is 1. The Morgan fingerprint density at radius 2 is 1.20 bits per heavy atom. The summed E-state index contributed by atoms with van der Waals surface area (Å²) in [4.78, 5) is 77.0. The monoisotopic (exact) mass is 719 g/mol. The van der Waals surface area contributed by atoms with Gasteiger partial charge in [-0.1, -0.05) is 78.8 Å². The van der Waals surface area contributed by atoms with Crippen molar-refractivity contribution >= 4 is 35.5 Å². The maximum absolute atomic E-state index is 13.5. The van der Waals surface area contributed by atoms with Gasteiger partial charge < -0.3 is 41.5 Å². The predicted molar refractivity (Wildman–Crippen MR) is 193 cm³/mol. The molecule has 0 aromatic heterocycles. The van der Waals surface area contributed by atoms with E-state index in [9.17, 15) is 39.0 Å². The lowest BCUT2D eigenvalue weighted by molar-refractivity contribution is -0.143. The molecule has 0 radical (unpaired) electrons. The Morgan fingerprint density at radius 3 is 1.73 bits per heavy atom. The van der Waals surface area contributed by atoms with E-state index in [4.69, 9.17) is 0 Å². The van der Waals surface area contributed by atoms with Crippen LogP contribution in [0.4, 0.5) is 0 Å². The molecular formula is C37H61N5O9. The van der Waals surface area contributed by atoms with Crippen LogP contribution in [0.25, 0.3) is 0 Å². The first-order valence-corrected chi connectivity index (χ1v) is 17.9. The van der Waals surface area contributed by atoms with Crippen LogP contribution >= 0.6 is 0 Å².